The quantitative estimate of drug-likeness (QED) is 0.376. The number of hydrogen-bond acceptors (Lipinski definition) is 4. The molecule has 160 valence electrons. The molecule has 1 aromatic rings. The topological polar surface area (TPSA) is 69.2 Å². The third-order valence-electron chi connectivity index (χ3n) is 5.38. The van der Waals surface area contributed by atoms with E-state index in [1.54, 1.807) is 0 Å². The fourth-order valence-electron chi connectivity index (χ4n) is 3.71. The van der Waals surface area contributed by atoms with Crippen LogP contribution in [0.15, 0.2) is 29.3 Å². The number of hydrogen-bond donors (Lipinski definition) is 2. The van der Waals surface area contributed by atoms with Crippen LogP contribution in [0.25, 0.3) is 0 Å². The number of nitrogens with one attached hydrogen (secondary N) is 2. The predicted molar refractivity (Wildman–Crippen MR) is 117 cm³/mol. The Kier molecular flexibility index (Phi) is 8.77. The van der Waals surface area contributed by atoms with Crippen molar-refractivity contribution in [3.05, 3.63) is 29.8 Å². The van der Waals surface area contributed by atoms with E-state index < -0.39 is 0 Å². The zero-order chi connectivity index (χ0) is 20.3. The zero-order valence-corrected chi connectivity index (χ0v) is 17.7. The molecule has 2 aliphatic rings. The molecule has 2 aliphatic heterocycles. The van der Waals surface area contributed by atoms with Crippen molar-refractivity contribution in [3.8, 4) is 0 Å². The first kappa shape index (κ1) is 21.6. The molecule has 0 aromatic heterocycles. The minimum Gasteiger partial charge on any atom is -0.379 e. The highest BCUT2D eigenvalue weighted by molar-refractivity contribution is 5.95. The molecule has 0 bridgehead atoms. The van der Waals surface area contributed by atoms with Gasteiger partial charge >= 0.3 is 0 Å². The molecule has 2 heterocycles. The lowest BCUT2D eigenvalue weighted by molar-refractivity contribution is -0.117. The first-order valence-electron chi connectivity index (χ1n) is 11.0. The number of carbonyl (C=O) groups is 1. The van der Waals surface area contributed by atoms with Gasteiger partial charge in [-0.2, -0.15) is 0 Å². The van der Waals surface area contributed by atoms with Gasteiger partial charge in [0.15, 0.2) is 5.96 Å². The van der Waals surface area contributed by atoms with E-state index in [1.807, 2.05) is 17.0 Å². The summed E-state index contributed by atoms with van der Waals surface area (Å²) in [4.78, 5) is 20.9. The van der Waals surface area contributed by atoms with Gasteiger partial charge in [0.1, 0.15) is 0 Å². The molecule has 0 aliphatic carbocycles. The number of aliphatic imine (C=N–C) groups is 1. The zero-order valence-electron chi connectivity index (χ0n) is 17.7. The minimum atomic E-state index is 0.225. The number of ether oxygens (including phenoxy) is 1. The number of carbonyl (C=O) groups excluding carboxylic acids is 1. The molecule has 2 saturated heterocycles. The summed E-state index contributed by atoms with van der Waals surface area (Å²) in [5.74, 6) is 1.08. The third-order valence-corrected chi connectivity index (χ3v) is 5.38. The van der Waals surface area contributed by atoms with Crippen molar-refractivity contribution in [1.29, 1.82) is 0 Å². The lowest BCUT2D eigenvalue weighted by Crippen LogP contribution is -2.39. The molecule has 0 spiro atoms. The van der Waals surface area contributed by atoms with E-state index in [-0.39, 0.29) is 5.91 Å². The Bertz CT molecular complexity index is 656. The van der Waals surface area contributed by atoms with Crippen LogP contribution in [0.3, 0.4) is 0 Å². The Morgan fingerprint density at radius 3 is 2.59 bits per heavy atom. The van der Waals surface area contributed by atoms with Gasteiger partial charge in [-0.3, -0.25) is 9.69 Å². The van der Waals surface area contributed by atoms with Crippen LogP contribution in [0.4, 0.5) is 5.69 Å². The number of nitrogens with zero attached hydrogens (tertiary/aromatic N) is 3. The van der Waals surface area contributed by atoms with E-state index in [4.69, 9.17) is 9.73 Å². The van der Waals surface area contributed by atoms with Crippen molar-refractivity contribution in [2.24, 2.45) is 4.99 Å². The molecular weight excluding hydrogens is 366 g/mol. The Hall–Kier alpha value is -2.12. The monoisotopic (exact) mass is 401 g/mol. The first-order valence-corrected chi connectivity index (χ1v) is 11.0. The van der Waals surface area contributed by atoms with E-state index >= 15 is 0 Å². The Balaban J connectivity index is 1.40. The first-order chi connectivity index (χ1) is 14.3. The lowest BCUT2D eigenvalue weighted by atomic mass is 10.2. The molecule has 2 N–H and O–H groups in total. The molecule has 0 radical (unpaired) electrons. The molecule has 1 amide bonds. The summed E-state index contributed by atoms with van der Waals surface area (Å²) >= 11 is 0. The molecule has 2 fully saturated rings. The van der Waals surface area contributed by atoms with Gasteiger partial charge in [-0.15, -0.1) is 0 Å². The third kappa shape index (κ3) is 7.01. The Morgan fingerprint density at radius 1 is 1.10 bits per heavy atom. The van der Waals surface area contributed by atoms with Gasteiger partial charge in [-0.25, -0.2) is 4.99 Å². The second-order valence-corrected chi connectivity index (χ2v) is 7.60. The van der Waals surface area contributed by atoms with Crippen molar-refractivity contribution in [1.82, 2.24) is 15.5 Å². The number of guanidine groups is 1. The van der Waals surface area contributed by atoms with Crippen molar-refractivity contribution in [2.75, 3.05) is 57.4 Å². The maximum atomic E-state index is 11.9. The van der Waals surface area contributed by atoms with Crippen LogP contribution >= 0.6 is 0 Å². The van der Waals surface area contributed by atoms with Gasteiger partial charge < -0.3 is 20.3 Å². The molecule has 7 heteroatoms. The van der Waals surface area contributed by atoms with Crippen LogP contribution in [-0.2, 0) is 16.1 Å². The number of rotatable bonds is 9. The van der Waals surface area contributed by atoms with Crippen molar-refractivity contribution in [2.45, 2.75) is 39.2 Å². The van der Waals surface area contributed by atoms with Crippen molar-refractivity contribution >= 4 is 17.6 Å². The summed E-state index contributed by atoms with van der Waals surface area (Å²) in [5.41, 5.74) is 2.13. The average molecular weight is 402 g/mol. The second-order valence-electron chi connectivity index (χ2n) is 7.60. The largest absolute Gasteiger partial charge is 0.379 e. The van der Waals surface area contributed by atoms with Gasteiger partial charge in [-0.05, 0) is 50.4 Å². The molecule has 0 saturated carbocycles. The summed E-state index contributed by atoms with van der Waals surface area (Å²) in [7, 11) is 0. The van der Waals surface area contributed by atoms with Crippen LogP contribution in [0.1, 0.15) is 38.2 Å². The summed E-state index contributed by atoms with van der Waals surface area (Å²) in [5, 5.41) is 6.75. The summed E-state index contributed by atoms with van der Waals surface area (Å²) < 4.78 is 5.39. The molecule has 3 rings (SSSR count). The fourth-order valence-corrected chi connectivity index (χ4v) is 3.71. The van der Waals surface area contributed by atoms with Gasteiger partial charge in [0.05, 0.1) is 19.8 Å². The average Bonchev–Trinajstić information content (AvgIpc) is 3.18. The van der Waals surface area contributed by atoms with E-state index in [0.29, 0.717) is 13.0 Å². The number of morpholine rings is 1. The van der Waals surface area contributed by atoms with Crippen molar-refractivity contribution in [3.63, 3.8) is 0 Å². The maximum Gasteiger partial charge on any atom is 0.227 e. The summed E-state index contributed by atoms with van der Waals surface area (Å²) in [6.07, 6.45) is 3.93. The highest BCUT2D eigenvalue weighted by Gasteiger charge is 2.21. The minimum absolute atomic E-state index is 0.225. The van der Waals surface area contributed by atoms with E-state index in [9.17, 15) is 4.79 Å². The van der Waals surface area contributed by atoms with Crippen molar-refractivity contribution < 1.29 is 9.53 Å². The van der Waals surface area contributed by atoms with Crippen LogP contribution in [0, 0.1) is 0 Å². The SMILES string of the molecule is CCNC(=NCc1ccc(N2CCCC2=O)cc1)NCCCCN1CCOCC1. The normalized spacial score (nSPS) is 18.3. The smallest absolute Gasteiger partial charge is 0.227 e. The molecule has 1 aromatic carbocycles. The molecular formula is C22H35N5O2. The van der Waals surface area contributed by atoms with Crippen LogP contribution in [0.2, 0.25) is 0 Å². The van der Waals surface area contributed by atoms with Crippen LogP contribution < -0.4 is 15.5 Å². The predicted octanol–water partition coefficient (Wildman–Crippen LogP) is 1.98. The molecule has 7 nitrogen and oxygen atoms in total. The highest BCUT2D eigenvalue weighted by Crippen LogP contribution is 2.21. The van der Waals surface area contributed by atoms with Gasteiger partial charge in [0.25, 0.3) is 0 Å². The number of amides is 1. The highest BCUT2D eigenvalue weighted by atomic mass is 16.5. The standard InChI is InChI=1S/C22H35N5O2/c1-2-23-22(24-11-3-4-12-26-14-16-29-17-15-26)25-18-19-7-9-20(10-8-19)27-13-5-6-21(27)28/h7-10H,2-6,11-18H2,1H3,(H2,23,24,25). The van der Waals surface area contributed by atoms with E-state index in [0.717, 1.165) is 82.5 Å². The Labute approximate surface area is 174 Å². The summed E-state index contributed by atoms with van der Waals surface area (Å²) in [6, 6.07) is 8.19. The van der Waals surface area contributed by atoms with Gasteiger partial charge in [0.2, 0.25) is 5.91 Å². The number of anilines is 1. The van der Waals surface area contributed by atoms with E-state index in [1.165, 1.54) is 6.42 Å². The fraction of sp³-hybridized carbons (Fsp3) is 0.636. The Morgan fingerprint density at radius 2 is 1.90 bits per heavy atom. The maximum absolute atomic E-state index is 11.9. The lowest BCUT2D eigenvalue weighted by Gasteiger charge is -2.26. The number of benzene rings is 1. The van der Waals surface area contributed by atoms with Crippen LogP contribution in [0.5, 0.6) is 0 Å². The molecule has 0 unspecified atom stereocenters. The van der Waals surface area contributed by atoms with Crippen LogP contribution in [-0.4, -0.2) is 69.2 Å². The molecule has 29 heavy (non-hydrogen) atoms. The van der Waals surface area contributed by atoms with E-state index in [2.05, 4.69) is 34.6 Å². The summed E-state index contributed by atoms with van der Waals surface area (Å²) in [6.45, 7) is 10.3. The van der Waals surface area contributed by atoms with Gasteiger partial charge in [-0.1, -0.05) is 12.1 Å². The number of unbranched alkanes of at least 4 members (excludes halogenated alkanes) is 1. The molecule has 0 atom stereocenters. The van der Waals surface area contributed by atoms with Gasteiger partial charge in [0, 0.05) is 44.8 Å². The second kappa shape index (κ2) is 11.8.